The van der Waals surface area contributed by atoms with Crippen molar-refractivity contribution in [3.05, 3.63) is 182 Å². The summed E-state index contributed by atoms with van der Waals surface area (Å²) in [6.45, 7) is 2.24. The summed E-state index contributed by atoms with van der Waals surface area (Å²) in [6.07, 6.45) is 7.79. The van der Waals surface area contributed by atoms with Crippen molar-refractivity contribution < 1.29 is 4.42 Å². The van der Waals surface area contributed by atoms with E-state index in [0.29, 0.717) is 5.92 Å². The first-order valence-corrected chi connectivity index (χ1v) is 20.0. The van der Waals surface area contributed by atoms with Gasteiger partial charge in [-0.25, -0.2) is 15.0 Å². The van der Waals surface area contributed by atoms with Gasteiger partial charge in [-0.1, -0.05) is 146 Å². The molecule has 0 fully saturated rings. The van der Waals surface area contributed by atoms with Crippen LogP contribution in [0.3, 0.4) is 0 Å². The van der Waals surface area contributed by atoms with Crippen LogP contribution in [-0.4, -0.2) is 15.0 Å². The standard InChI is InChI=1S/C54H35N3O/c1-32-14-16-34(17-15-32)46-27-24-36-22-23-37-25-28-47(56-52(37)51(36)55-46)35-20-18-33(19-21-35)38-26-29-48-45(30-38)54-50(43-12-6-7-13-49(43)58-54)53(57-48)44-31-39-8-2-3-9-40(39)41-10-4-5-11-42(41)44/h2-14,16-32H,15H2,1H3. The molecule has 1 atom stereocenters. The number of furan rings is 1. The molecule has 12 rings (SSSR count). The zero-order chi connectivity index (χ0) is 38.3. The highest BCUT2D eigenvalue weighted by molar-refractivity contribution is 6.23. The Morgan fingerprint density at radius 1 is 0.517 bits per heavy atom. The maximum atomic E-state index is 6.75. The van der Waals surface area contributed by atoms with Gasteiger partial charge in [0.15, 0.2) is 0 Å². The van der Waals surface area contributed by atoms with Crippen LogP contribution in [0.1, 0.15) is 19.0 Å². The highest BCUT2D eigenvalue weighted by Crippen LogP contribution is 2.44. The van der Waals surface area contributed by atoms with Crippen LogP contribution in [0.4, 0.5) is 0 Å². The van der Waals surface area contributed by atoms with Crippen LogP contribution in [0.25, 0.3) is 115 Å². The Labute approximate surface area is 334 Å². The summed E-state index contributed by atoms with van der Waals surface area (Å²) in [7, 11) is 0. The molecule has 0 saturated carbocycles. The van der Waals surface area contributed by atoms with E-state index >= 15 is 0 Å². The minimum atomic E-state index is 0.558. The summed E-state index contributed by atoms with van der Waals surface area (Å²) >= 11 is 0. The first-order valence-electron chi connectivity index (χ1n) is 20.0. The van der Waals surface area contributed by atoms with Gasteiger partial charge in [-0.05, 0) is 87.0 Å². The number of pyridine rings is 3. The molecule has 4 heteroatoms. The predicted molar refractivity (Wildman–Crippen MR) is 242 cm³/mol. The molecule has 0 aliphatic heterocycles. The highest BCUT2D eigenvalue weighted by Gasteiger charge is 2.21. The number of allylic oxidation sites excluding steroid dienone is 4. The van der Waals surface area contributed by atoms with Crippen LogP contribution in [0.15, 0.2) is 180 Å². The molecular formula is C54H35N3O. The Morgan fingerprint density at radius 3 is 1.97 bits per heavy atom. The van der Waals surface area contributed by atoms with Crippen molar-refractivity contribution in [1.29, 1.82) is 0 Å². The highest BCUT2D eigenvalue weighted by atomic mass is 16.3. The third-order valence-corrected chi connectivity index (χ3v) is 12.0. The van der Waals surface area contributed by atoms with Crippen LogP contribution in [0.2, 0.25) is 0 Å². The van der Waals surface area contributed by atoms with Crippen molar-refractivity contribution >= 4 is 81.8 Å². The average Bonchev–Trinajstić information content (AvgIpc) is 3.68. The first-order chi connectivity index (χ1) is 28.6. The third-order valence-electron chi connectivity index (χ3n) is 12.0. The second kappa shape index (κ2) is 12.8. The Morgan fingerprint density at radius 2 is 1.17 bits per heavy atom. The van der Waals surface area contributed by atoms with Crippen molar-refractivity contribution in [1.82, 2.24) is 15.0 Å². The van der Waals surface area contributed by atoms with E-state index in [1.807, 2.05) is 6.07 Å². The van der Waals surface area contributed by atoms with Crippen LogP contribution < -0.4 is 0 Å². The van der Waals surface area contributed by atoms with Gasteiger partial charge in [0.25, 0.3) is 0 Å². The summed E-state index contributed by atoms with van der Waals surface area (Å²) < 4.78 is 6.75. The van der Waals surface area contributed by atoms with Crippen LogP contribution in [0, 0.1) is 5.92 Å². The Hall–Kier alpha value is -7.43. The molecule has 1 aliphatic rings. The van der Waals surface area contributed by atoms with Crippen molar-refractivity contribution in [2.45, 2.75) is 13.3 Å². The van der Waals surface area contributed by atoms with Gasteiger partial charge >= 0.3 is 0 Å². The predicted octanol–water partition coefficient (Wildman–Crippen LogP) is 14.5. The molecule has 272 valence electrons. The fourth-order valence-corrected chi connectivity index (χ4v) is 8.93. The molecule has 4 aromatic heterocycles. The first kappa shape index (κ1) is 32.8. The number of rotatable bonds is 4. The van der Waals surface area contributed by atoms with Gasteiger partial charge < -0.3 is 4.42 Å². The minimum absolute atomic E-state index is 0.558. The van der Waals surface area contributed by atoms with E-state index in [1.54, 1.807) is 0 Å². The Balaban J connectivity index is 0.963. The Bertz CT molecular complexity index is 3560. The smallest absolute Gasteiger partial charge is 0.147 e. The molecule has 11 aromatic rings. The molecule has 7 aromatic carbocycles. The molecule has 58 heavy (non-hydrogen) atoms. The topological polar surface area (TPSA) is 51.8 Å². The van der Waals surface area contributed by atoms with Gasteiger partial charge in [0, 0.05) is 32.7 Å². The number of aromatic nitrogens is 3. The SMILES string of the molecule is CC1C=CC(c2ccc3ccc4ccc(-c5ccc(-c6ccc7nc(-c8cc9ccccc9c9ccccc89)c8c9ccccc9oc8c7c6)cc5)nc4c3n2)=CC1. The summed E-state index contributed by atoms with van der Waals surface area (Å²) in [5.41, 5.74) is 12.8. The molecule has 0 radical (unpaired) electrons. The Kier molecular flexibility index (Phi) is 7.24. The molecule has 0 bridgehead atoms. The number of hydrogen-bond acceptors (Lipinski definition) is 4. The second-order valence-corrected chi connectivity index (χ2v) is 15.6. The fourth-order valence-electron chi connectivity index (χ4n) is 8.93. The van der Waals surface area contributed by atoms with Gasteiger partial charge in [-0.2, -0.15) is 0 Å². The summed E-state index contributed by atoms with van der Waals surface area (Å²) in [6, 6.07) is 55.9. The summed E-state index contributed by atoms with van der Waals surface area (Å²) in [4.78, 5) is 15.8. The van der Waals surface area contributed by atoms with E-state index in [0.717, 1.165) is 100 Å². The molecule has 4 heterocycles. The van der Waals surface area contributed by atoms with E-state index in [-0.39, 0.29) is 0 Å². The fraction of sp³-hybridized carbons (Fsp3) is 0.0556. The molecule has 0 N–H and O–H groups in total. The molecule has 1 aliphatic carbocycles. The second-order valence-electron chi connectivity index (χ2n) is 15.6. The lowest BCUT2D eigenvalue weighted by Crippen LogP contribution is -1.97. The van der Waals surface area contributed by atoms with Crippen molar-refractivity contribution in [3.63, 3.8) is 0 Å². The molecular weight excluding hydrogens is 707 g/mol. The largest absolute Gasteiger partial charge is 0.455 e. The van der Waals surface area contributed by atoms with Crippen LogP contribution >= 0.6 is 0 Å². The van der Waals surface area contributed by atoms with Gasteiger partial charge in [-0.15, -0.1) is 0 Å². The van der Waals surface area contributed by atoms with Gasteiger partial charge in [-0.3, -0.25) is 0 Å². The summed E-state index contributed by atoms with van der Waals surface area (Å²) in [5.74, 6) is 0.558. The van der Waals surface area contributed by atoms with Gasteiger partial charge in [0.05, 0.1) is 39.0 Å². The van der Waals surface area contributed by atoms with Crippen molar-refractivity contribution in [2.24, 2.45) is 5.92 Å². The monoisotopic (exact) mass is 741 g/mol. The van der Waals surface area contributed by atoms with Crippen molar-refractivity contribution in [2.75, 3.05) is 0 Å². The maximum Gasteiger partial charge on any atom is 0.147 e. The number of benzene rings is 7. The minimum Gasteiger partial charge on any atom is -0.455 e. The lowest BCUT2D eigenvalue weighted by atomic mass is 9.93. The number of hydrogen-bond donors (Lipinski definition) is 0. The van der Waals surface area contributed by atoms with Crippen molar-refractivity contribution in [3.8, 4) is 33.6 Å². The number of para-hydroxylation sites is 1. The third kappa shape index (κ3) is 5.19. The van der Waals surface area contributed by atoms with Crippen LogP contribution in [0.5, 0.6) is 0 Å². The molecule has 4 nitrogen and oxygen atoms in total. The molecule has 0 amide bonds. The molecule has 0 saturated heterocycles. The quantitative estimate of drug-likeness (QED) is 0.169. The van der Waals surface area contributed by atoms with Crippen LogP contribution in [-0.2, 0) is 0 Å². The lowest BCUT2D eigenvalue weighted by Gasteiger charge is -2.13. The van der Waals surface area contributed by atoms with E-state index in [1.165, 1.54) is 27.1 Å². The van der Waals surface area contributed by atoms with E-state index in [4.69, 9.17) is 19.4 Å². The molecule has 1 unspecified atom stereocenters. The maximum absolute atomic E-state index is 6.75. The average molecular weight is 742 g/mol. The zero-order valence-electron chi connectivity index (χ0n) is 31.8. The summed E-state index contributed by atoms with van der Waals surface area (Å²) in [5, 5.41) is 10.1. The van der Waals surface area contributed by atoms with E-state index < -0.39 is 0 Å². The van der Waals surface area contributed by atoms with Gasteiger partial charge in [0.2, 0.25) is 0 Å². The van der Waals surface area contributed by atoms with Gasteiger partial charge in [0.1, 0.15) is 11.2 Å². The number of fused-ring (bicyclic) bond motifs is 11. The zero-order valence-corrected chi connectivity index (χ0v) is 31.8. The van der Waals surface area contributed by atoms with E-state index in [2.05, 4.69) is 177 Å². The van der Waals surface area contributed by atoms with E-state index in [9.17, 15) is 0 Å². The molecule has 0 spiro atoms. The normalized spacial score (nSPS) is 14.4. The number of nitrogens with zero attached hydrogens (tertiary/aromatic N) is 3. The lowest BCUT2D eigenvalue weighted by molar-refractivity contribution is 0.672.